The van der Waals surface area contributed by atoms with Crippen LogP contribution in [0.2, 0.25) is 0 Å². The van der Waals surface area contributed by atoms with E-state index in [4.69, 9.17) is 0 Å². The standard InChI is InChI=1S/C30H44O8/c1-15(25(36)37)10-16(31)13-29(6,38)20-12-22(35)30(7)24-17(32)11-19-26(2,3)21(34)8-9-27(19,4)23(24)18(33)14-28(20,30)5/h15-17,19-20,31-32,38H,8-14H2,1-7H3,(H,36,37)/t15?,16?,17-,19-,20-,27-,28+,29-,30-/m0/s1. The van der Waals surface area contributed by atoms with Crippen molar-refractivity contribution in [2.45, 2.75) is 111 Å². The summed E-state index contributed by atoms with van der Waals surface area (Å²) in [6, 6.07) is 0. The number of carboxylic acid groups (broad SMARTS) is 1. The third-order valence-electron chi connectivity index (χ3n) is 11.5. The summed E-state index contributed by atoms with van der Waals surface area (Å²) in [5.74, 6) is -2.92. The van der Waals surface area contributed by atoms with Crippen LogP contribution in [0.5, 0.6) is 0 Å². The van der Waals surface area contributed by atoms with E-state index in [2.05, 4.69) is 0 Å². The van der Waals surface area contributed by atoms with Crippen molar-refractivity contribution in [2.75, 3.05) is 0 Å². The number of Topliss-reactive ketones (excluding diaryl/α,β-unsaturated/α-hetero) is 3. The molecule has 4 aliphatic rings. The van der Waals surface area contributed by atoms with Crippen LogP contribution in [0.25, 0.3) is 0 Å². The van der Waals surface area contributed by atoms with Gasteiger partial charge in [-0.05, 0) is 50.0 Å². The molecular formula is C30H44O8. The van der Waals surface area contributed by atoms with Gasteiger partial charge in [-0.15, -0.1) is 0 Å². The molecule has 38 heavy (non-hydrogen) atoms. The molecular weight excluding hydrogens is 488 g/mol. The van der Waals surface area contributed by atoms with E-state index in [9.17, 15) is 39.6 Å². The minimum absolute atomic E-state index is 0.0118. The minimum atomic E-state index is -1.55. The summed E-state index contributed by atoms with van der Waals surface area (Å²) in [5.41, 5.74) is -4.13. The molecule has 0 heterocycles. The maximum atomic E-state index is 14.1. The first kappa shape index (κ1) is 29.1. The lowest BCUT2D eigenvalue weighted by Gasteiger charge is -2.60. The predicted molar refractivity (Wildman–Crippen MR) is 139 cm³/mol. The molecule has 8 nitrogen and oxygen atoms in total. The van der Waals surface area contributed by atoms with Crippen molar-refractivity contribution < 1.29 is 39.6 Å². The van der Waals surface area contributed by atoms with Crippen molar-refractivity contribution >= 4 is 23.3 Å². The Morgan fingerprint density at radius 2 is 1.71 bits per heavy atom. The first-order chi connectivity index (χ1) is 17.2. The molecule has 2 fully saturated rings. The van der Waals surface area contributed by atoms with Gasteiger partial charge in [-0.25, -0.2) is 0 Å². The molecule has 0 radical (unpaired) electrons. The van der Waals surface area contributed by atoms with E-state index in [0.29, 0.717) is 24.0 Å². The molecule has 0 saturated heterocycles. The summed E-state index contributed by atoms with van der Waals surface area (Å²) >= 11 is 0. The quantitative estimate of drug-likeness (QED) is 0.407. The van der Waals surface area contributed by atoms with Crippen LogP contribution in [0.3, 0.4) is 0 Å². The summed E-state index contributed by atoms with van der Waals surface area (Å²) in [5, 5.41) is 43.1. The second-order valence-electron chi connectivity index (χ2n) is 14.2. The lowest BCUT2D eigenvalue weighted by Crippen LogP contribution is -2.60. The lowest BCUT2D eigenvalue weighted by molar-refractivity contribution is -0.149. The third kappa shape index (κ3) is 3.80. The van der Waals surface area contributed by atoms with E-state index in [-0.39, 0.29) is 55.4 Å². The highest BCUT2D eigenvalue weighted by molar-refractivity contribution is 6.05. The monoisotopic (exact) mass is 532 g/mol. The third-order valence-corrected chi connectivity index (χ3v) is 11.5. The van der Waals surface area contributed by atoms with Crippen LogP contribution in [0.1, 0.15) is 93.4 Å². The Bertz CT molecular complexity index is 1120. The first-order valence-electron chi connectivity index (χ1n) is 13.9. The number of carbonyl (C=O) groups is 4. The number of aliphatic carboxylic acids is 1. The molecule has 4 aliphatic carbocycles. The maximum absolute atomic E-state index is 14.1. The summed E-state index contributed by atoms with van der Waals surface area (Å²) in [6.45, 7) is 12.4. The lowest BCUT2D eigenvalue weighted by atomic mass is 9.42. The average Bonchev–Trinajstić information content (AvgIpc) is 2.99. The Kier molecular flexibility index (Phi) is 6.74. The minimum Gasteiger partial charge on any atom is -0.481 e. The van der Waals surface area contributed by atoms with Gasteiger partial charge in [0.25, 0.3) is 0 Å². The van der Waals surface area contributed by atoms with Gasteiger partial charge in [0.1, 0.15) is 11.6 Å². The van der Waals surface area contributed by atoms with Gasteiger partial charge in [0.2, 0.25) is 0 Å². The van der Waals surface area contributed by atoms with Crippen LogP contribution in [-0.2, 0) is 19.2 Å². The topological polar surface area (TPSA) is 149 Å². The number of rotatable bonds is 6. The van der Waals surface area contributed by atoms with Crippen LogP contribution in [0, 0.1) is 39.4 Å². The number of ketones is 3. The van der Waals surface area contributed by atoms with Crippen LogP contribution >= 0.6 is 0 Å². The highest BCUT2D eigenvalue weighted by Crippen LogP contribution is 2.70. The predicted octanol–water partition coefficient (Wildman–Crippen LogP) is 3.25. The Balaban J connectivity index is 1.78. The van der Waals surface area contributed by atoms with Crippen molar-refractivity contribution in [1.29, 1.82) is 0 Å². The molecule has 0 bridgehead atoms. The molecule has 0 aromatic carbocycles. The zero-order valence-electron chi connectivity index (χ0n) is 23.8. The zero-order chi connectivity index (χ0) is 28.8. The van der Waals surface area contributed by atoms with Crippen LogP contribution in [-0.4, -0.2) is 61.6 Å². The summed E-state index contributed by atoms with van der Waals surface area (Å²) in [6.07, 6.45) is -1.21. The van der Waals surface area contributed by atoms with Crippen molar-refractivity contribution in [3.8, 4) is 0 Å². The van der Waals surface area contributed by atoms with Gasteiger partial charge in [-0.1, -0.05) is 34.6 Å². The van der Waals surface area contributed by atoms with E-state index < -0.39 is 57.3 Å². The molecule has 4 rings (SSSR count). The zero-order valence-corrected chi connectivity index (χ0v) is 23.8. The molecule has 0 aliphatic heterocycles. The van der Waals surface area contributed by atoms with Gasteiger partial charge >= 0.3 is 5.97 Å². The van der Waals surface area contributed by atoms with Gasteiger partial charge in [0.05, 0.1) is 29.1 Å². The number of allylic oxidation sites excluding steroid dienone is 1. The molecule has 0 aromatic heterocycles. The number of carboxylic acids is 1. The molecule has 9 atom stereocenters. The number of aliphatic hydroxyl groups excluding tert-OH is 2. The second kappa shape index (κ2) is 8.80. The van der Waals surface area contributed by atoms with Gasteiger partial charge in [-0.2, -0.15) is 0 Å². The molecule has 2 unspecified atom stereocenters. The fourth-order valence-electron chi connectivity index (χ4n) is 9.16. The Labute approximate surface area is 224 Å². The Morgan fingerprint density at radius 3 is 2.29 bits per heavy atom. The van der Waals surface area contributed by atoms with Gasteiger partial charge in [0.15, 0.2) is 5.78 Å². The first-order valence-corrected chi connectivity index (χ1v) is 13.9. The van der Waals surface area contributed by atoms with Gasteiger partial charge < -0.3 is 20.4 Å². The largest absolute Gasteiger partial charge is 0.481 e. The average molecular weight is 533 g/mol. The second-order valence-corrected chi connectivity index (χ2v) is 14.2. The van der Waals surface area contributed by atoms with Crippen molar-refractivity contribution in [3.63, 3.8) is 0 Å². The molecule has 4 N–H and O–H groups in total. The van der Waals surface area contributed by atoms with Crippen LogP contribution in [0.15, 0.2) is 11.1 Å². The molecule has 8 heteroatoms. The Hall–Kier alpha value is -1.90. The van der Waals surface area contributed by atoms with E-state index in [1.165, 1.54) is 6.92 Å². The fraction of sp³-hybridized carbons (Fsp3) is 0.800. The normalized spacial score (nSPS) is 41.6. The highest BCUT2D eigenvalue weighted by atomic mass is 16.4. The molecule has 0 spiro atoms. The van der Waals surface area contributed by atoms with E-state index in [1.807, 2.05) is 27.7 Å². The van der Waals surface area contributed by atoms with Crippen molar-refractivity contribution in [3.05, 3.63) is 11.1 Å². The van der Waals surface area contributed by atoms with Crippen LogP contribution < -0.4 is 0 Å². The summed E-state index contributed by atoms with van der Waals surface area (Å²) < 4.78 is 0. The van der Waals surface area contributed by atoms with Gasteiger partial charge in [0, 0.05) is 48.0 Å². The van der Waals surface area contributed by atoms with Crippen molar-refractivity contribution in [1.82, 2.24) is 0 Å². The molecule has 2 saturated carbocycles. The Morgan fingerprint density at radius 1 is 1.11 bits per heavy atom. The number of fused-ring (bicyclic) bond motifs is 4. The number of hydrogen-bond acceptors (Lipinski definition) is 7. The number of carbonyl (C=O) groups excluding carboxylic acids is 3. The number of hydrogen-bond donors (Lipinski definition) is 4. The smallest absolute Gasteiger partial charge is 0.306 e. The SMILES string of the molecule is CC(CC(O)C[C@](C)(O)[C@H]1CC(=O)[C@@]2(C)C3=C(C(=O)C[C@]12C)[C@@]1(C)CCC(=O)C(C)(C)[C@@H]1C[C@@H]3O)C(=O)O. The summed E-state index contributed by atoms with van der Waals surface area (Å²) in [7, 11) is 0. The van der Waals surface area contributed by atoms with E-state index in [0.717, 1.165) is 0 Å². The number of aliphatic hydroxyl groups is 3. The van der Waals surface area contributed by atoms with Crippen molar-refractivity contribution in [2.24, 2.45) is 39.4 Å². The van der Waals surface area contributed by atoms with E-state index >= 15 is 0 Å². The molecule has 0 aromatic rings. The van der Waals surface area contributed by atoms with E-state index in [1.54, 1.807) is 13.8 Å². The fourth-order valence-corrected chi connectivity index (χ4v) is 9.16. The highest BCUT2D eigenvalue weighted by Gasteiger charge is 2.71. The summed E-state index contributed by atoms with van der Waals surface area (Å²) in [4.78, 5) is 52.1. The van der Waals surface area contributed by atoms with Gasteiger partial charge in [-0.3, -0.25) is 19.2 Å². The van der Waals surface area contributed by atoms with Crippen LogP contribution in [0.4, 0.5) is 0 Å². The molecule has 212 valence electrons. The molecule has 0 amide bonds. The maximum Gasteiger partial charge on any atom is 0.306 e.